The molecule has 0 fully saturated rings. The number of fused-ring (bicyclic) bond motifs is 1. The number of benzene rings is 1. The number of hydrogen-bond donors (Lipinski definition) is 0. The third-order valence-corrected chi connectivity index (χ3v) is 2.92. The fraction of sp³-hybridized carbons (Fsp3) is 0.250. The number of para-hydroxylation sites is 2. The molecule has 0 unspecified atom stereocenters. The second-order valence-electron chi connectivity index (χ2n) is 4.15. The summed E-state index contributed by atoms with van der Waals surface area (Å²) in [5, 5.41) is 3.81. The lowest BCUT2D eigenvalue weighted by atomic mass is 10.3. The lowest BCUT2D eigenvalue weighted by Gasteiger charge is -1.97. The van der Waals surface area contributed by atoms with Crippen molar-refractivity contribution < 1.29 is 4.52 Å². The van der Waals surface area contributed by atoms with Gasteiger partial charge in [-0.2, -0.15) is 4.98 Å². The van der Waals surface area contributed by atoms with Gasteiger partial charge in [0.1, 0.15) is 0 Å². The van der Waals surface area contributed by atoms with Gasteiger partial charge in [0.05, 0.1) is 17.6 Å². The maximum atomic E-state index is 12.1. The highest BCUT2D eigenvalue weighted by atomic mass is 16.5. The molecule has 3 rings (SSSR count). The second kappa shape index (κ2) is 3.83. The number of rotatable bonds is 2. The van der Waals surface area contributed by atoms with Crippen LogP contribution in [0.2, 0.25) is 0 Å². The zero-order chi connectivity index (χ0) is 12.7. The van der Waals surface area contributed by atoms with Gasteiger partial charge in [-0.1, -0.05) is 17.3 Å². The van der Waals surface area contributed by atoms with E-state index in [9.17, 15) is 4.79 Å². The molecular formula is C12H12N4O2. The molecular weight excluding hydrogens is 232 g/mol. The van der Waals surface area contributed by atoms with Crippen molar-refractivity contribution in [2.24, 2.45) is 7.05 Å². The minimum absolute atomic E-state index is 0.0846. The zero-order valence-corrected chi connectivity index (χ0v) is 10.1. The monoisotopic (exact) mass is 244 g/mol. The molecule has 0 spiro atoms. The van der Waals surface area contributed by atoms with Gasteiger partial charge in [0.15, 0.2) is 5.82 Å². The quantitative estimate of drug-likeness (QED) is 0.676. The molecule has 0 bridgehead atoms. The van der Waals surface area contributed by atoms with E-state index >= 15 is 0 Å². The van der Waals surface area contributed by atoms with Gasteiger partial charge < -0.3 is 4.52 Å². The van der Waals surface area contributed by atoms with Gasteiger partial charge in [-0.25, -0.2) is 4.79 Å². The largest absolute Gasteiger partial charge is 0.340 e. The summed E-state index contributed by atoms with van der Waals surface area (Å²) < 4.78 is 8.16. The van der Waals surface area contributed by atoms with Crippen molar-refractivity contribution in [3.63, 3.8) is 0 Å². The van der Waals surface area contributed by atoms with Gasteiger partial charge in [0.25, 0.3) is 0 Å². The normalized spacial score (nSPS) is 11.2. The van der Waals surface area contributed by atoms with Crippen molar-refractivity contribution in [2.45, 2.75) is 13.5 Å². The number of aryl methyl sites for hydroxylation is 2. The van der Waals surface area contributed by atoms with Gasteiger partial charge in [-0.3, -0.25) is 9.13 Å². The van der Waals surface area contributed by atoms with Gasteiger partial charge in [-0.15, -0.1) is 0 Å². The summed E-state index contributed by atoms with van der Waals surface area (Å²) in [4.78, 5) is 16.3. The molecule has 18 heavy (non-hydrogen) atoms. The SMILES string of the molecule is Cc1nc(Cn2c(=O)n(C)c3ccccc32)no1. The molecule has 2 heterocycles. The first-order valence-corrected chi connectivity index (χ1v) is 5.60. The van der Waals surface area contributed by atoms with E-state index in [2.05, 4.69) is 10.1 Å². The van der Waals surface area contributed by atoms with Crippen LogP contribution in [-0.2, 0) is 13.6 Å². The Morgan fingerprint density at radius 2 is 2.00 bits per heavy atom. The summed E-state index contributed by atoms with van der Waals surface area (Å²) in [6, 6.07) is 7.63. The highest BCUT2D eigenvalue weighted by molar-refractivity contribution is 5.75. The van der Waals surface area contributed by atoms with Crippen LogP contribution in [0.5, 0.6) is 0 Å². The van der Waals surface area contributed by atoms with E-state index in [1.165, 1.54) is 0 Å². The Kier molecular flexibility index (Phi) is 2.29. The minimum atomic E-state index is -0.0846. The smallest absolute Gasteiger partial charge is 0.329 e. The number of nitrogens with zero attached hydrogens (tertiary/aromatic N) is 4. The Hall–Kier alpha value is -2.37. The summed E-state index contributed by atoms with van der Waals surface area (Å²) in [6.45, 7) is 2.04. The first kappa shape index (κ1) is 10.8. The maximum absolute atomic E-state index is 12.1. The Morgan fingerprint density at radius 1 is 1.28 bits per heavy atom. The Morgan fingerprint density at radius 3 is 2.67 bits per heavy atom. The average Bonchev–Trinajstić information content (AvgIpc) is 2.88. The minimum Gasteiger partial charge on any atom is -0.340 e. The van der Waals surface area contributed by atoms with Crippen LogP contribution in [-0.4, -0.2) is 19.3 Å². The zero-order valence-electron chi connectivity index (χ0n) is 10.1. The van der Waals surface area contributed by atoms with Crippen LogP contribution in [0.25, 0.3) is 11.0 Å². The number of hydrogen-bond acceptors (Lipinski definition) is 4. The Balaban J connectivity index is 2.17. The highest BCUT2D eigenvalue weighted by Gasteiger charge is 2.12. The summed E-state index contributed by atoms with van der Waals surface area (Å²) in [6.07, 6.45) is 0. The van der Waals surface area contributed by atoms with E-state index in [4.69, 9.17) is 4.52 Å². The van der Waals surface area contributed by atoms with E-state index in [1.807, 2.05) is 24.3 Å². The number of aromatic nitrogens is 4. The molecule has 92 valence electrons. The van der Waals surface area contributed by atoms with Crippen LogP contribution in [0.15, 0.2) is 33.6 Å². The van der Waals surface area contributed by atoms with Gasteiger partial charge >= 0.3 is 5.69 Å². The molecule has 0 aliphatic rings. The molecule has 6 heteroatoms. The van der Waals surface area contributed by atoms with E-state index < -0.39 is 0 Å². The van der Waals surface area contributed by atoms with Crippen LogP contribution in [0.1, 0.15) is 11.7 Å². The molecule has 6 nitrogen and oxygen atoms in total. The standard InChI is InChI=1S/C12H12N4O2/c1-8-13-11(14-18-8)7-16-10-6-4-3-5-9(10)15(2)12(16)17/h3-6H,7H2,1-2H3. The molecule has 0 aliphatic heterocycles. The molecule has 2 aromatic heterocycles. The highest BCUT2D eigenvalue weighted by Crippen LogP contribution is 2.12. The Bertz CT molecular complexity index is 766. The molecule has 0 N–H and O–H groups in total. The average molecular weight is 244 g/mol. The van der Waals surface area contributed by atoms with Crippen LogP contribution in [0, 0.1) is 6.92 Å². The van der Waals surface area contributed by atoms with Gasteiger partial charge in [-0.05, 0) is 12.1 Å². The van der Waals surface area contributed by atoms with Crippen molar-refractivity contribution in [1.29, 1.82) is 0 Å². The third kappa shape index (κ3) is 1.54. The molecule has 0 saturated carbocycles. The predicted molar refractivity (Wildman–Crippen MR) is 65.3 cm³/mol. The summed E-state index contributed by atoms with van der Waals surface area (Å²) in [5.74, 6) is 1.00. The molecule has 1 aromatic carbocycles. The second-order valence-corrected chi connectivity index (χ2v) is 4.15. The van der Waals surface area contributed by atoms with Crippen molar-refractivity contribution in [2.75, 3.05) is 0 Å². The van der Waals surface area contributed by atoms with Crippen molar-refractivity contribution in [3.05, 3.63) is 46.5 Å². The fourth-order valence-electron chi connectivity index (χ4n) is 2.06. The van der Waals surface area contributed by atoms with Crippen molar-refractivity contribution in [3.8, 4) is 0 Å². The Labute approximate surface area is 102 Å². The summed E-state index contributed by atoms with van der Waals surface area (Å²) in [5.41, 5.74) is 1.67. The molecule has 3 aromatic rings. The van der Waals surface area contributed by atoms with Gasteiger partial charge in [0.2, 0.25) is 5.89 Å². The van der Waals surface area contributed by atoms with E-state index in [1.54, 1.807) is 23.1 Å². The molecule has 0 aliphatic carbocycles. The van der Waals surface area contributed by atoms with Crippen LogP contribution in [0.3, 0.4) is 0 Å². The van der Waals surface area contributed by atoms with Crippen molar-refractivity contribution >= 4 is 11.0 Å². The van der Waals surface area contributed by atoms with E-state index in [0.29, 0.717) is 18.3 Å². The summed E-state index contributed by atoms with van der Waals surface area (Å²) in [7, 11) is 1.75. The fourth-order valence-corrected chi connectivity index (χ4v) is 2.06. The molecule has 0 radical (unpaired) electrons. The van der Waals surface area contributed by atoms with Crippen LogP contribution >= 0.6 is 0 Å². The first-order valence-electron chi connectivity index (χ1n) is 5.60. The lowest BCUT2D eigenvalue weighted by molar-refractivity contribution is 0.386. The molecule has 0 amide bonds. The van der Waals surface area contributed by atoms with Crippen LogP contribution in [0.4, 0.5) is 0 Å². The van der Waals surface area contributed by atoms with Gasteiger partial charge in [0, 0.05) is 14.0 Å². The van der Waals surface area contributed by atoms with Crippen molar-refractivity contribution in [1.82, 2.24) is 19.3 Å². The first-order chi connectivity index (χ1) is 8.66. The predicted octanol–water partition coefficient (Wildman–Crippen LogP) is 1.08. The lowest BCUT2D eigenvalue weighted by Crippen LogP contribution is -2.23. The topological polar surface area (TPSA) is 65.8 Å². The van der Waals surface area contributed by atoms with E-state index in [0.717, 1.165) is 11.0 Å². The number of imidazole rings is 1. The third-order valence-electron chi connectivity index (χ3n) is 2.92. The van der Waals surface area contributed by atoms with E-state index in [-0.39, 0.29) is 5.69 Å². The summed E-state index contributed by atoms with van der Waals surface area (Å²) >= 11 is 0. The molecule has 0 atom stereocenters. The van der Waals surface area contributed by atoms with Crippen LogP contribution < -0.4 is 5.69 Å². The maximum Gasteiger partial charge on any atom is 0.329 e. The molecule has 0 saturated heterocycles.